The van der Waals surface area contributed by atoms with Crippen LogP contribution in [0.25, 0.3) is 0 Å². The van der Waals surface area contributed by atoms with Gasteiger partial charge in [-0.2, -0.15) is 0 Å². The molecule has 1 unspecified atom stereocenters. The molecule has 1 aromatic rings. The van der Waals surface area contributed by atoms with E-state index >= 15 is 0 Å². The minimum Gasteiger partial charge on any atom is -0.490 e. The van der Waals surface area contributed by atoms with E-state index in [4.69, 9.17) is 10.5 Å². The summed E-state index contributed by atoms with van der Waals surface area (Å²) in [5.74, 6) is 0.391. The topological polar surface area (TPSA) is 85.9 Å². The molecule has 1 rings (SSSR count). The van der Waals surface area contributed by atoms with Crippen molar-refractivity contribution in [2.75, 3.05) is 13.7 Å². The Morgan fingerprint density at radius 3 is 2.57 bits per heavy atom. The molecule has 0 aliphatic heterocycles. The lowest BCUT2D eigenvalue weighted by Crippen LogP contribution is -3.12. The quantitative estimate of drug-likeness (QED) is 0.611. The fourth-order valence-electron chi connectivity index (χ4n) is 1.79. The highest BCUT2D eigenvalue weighted by Gasteiger charge is 2.22. The Morgan fingerprint density at radius 1 is 1.43 bits per heavy atom. The third kappa shape index (κ3) is 5.66. The van der Waals surface area contributed by atoms with Crippen LogP contribution in [0.4, 0.5) is 4.79 Å². The van der Waals surface area contributed by atoms with E-state index in [1.54, 1.807) is 13.0 Å². The molecular formula is C15H22N3O3+. The number of carbonyl (C=O) groups excluding carboxylic acids is 2. The second-order valence-corrected chi connectivity index (χ2v) is 4.84. The molecular weight excluding hydrogens is 270 g/mol. The van der Waals surface area contributed by atoms with E-state index in [0.717, 1.165) is 16.2 Å². The summed E-state index contributed by atoms with van der Waals surface area (Å²) >= 11 is 0. The van der Waals surface area contributed by atoms with Gasteiger partial charge in [-0.15, -0.1) is 0 Å². The monoisotopic (exact) mass is 292 g/mol. The second kappa shape index (κ2) is 8.06. The molecule has 2 atom stereocenters. The average molecular weight is 292 g/mol. The molecule has 4 N–H and O–H groups in total. The SMILES string of the molecule is C=CCOc1ccc(C[NH+](C)[C@H](C)C(=O)NC(N)=O)cc1. The average Bonchev–Trinajstić information content (AvgIpc) is 2.45. The maximum absolute atomic E-state index is 11.7. The van der Waals surface area contributed by atoms with Crippen molar-refractivity contribution in [3.8, 4) is 5.75 Å². The lowest BCUT2D eigenvalue weighted by molar-refractivity contribution is -0.908. The van der Waals surface area contributed by atoms with Crippen LogP contribution in [0.5, 0.6) is 5.75 Å². The molecule has 0 aliphatic carbocycles. The van der Waals surface area contributed by atoms with Crippen LogP contribution < -0.4 is 20.7 Å². The van der Waals surface area contributed by atoms with Crippen LogP contribution in [0.3, 0.4) is 0 Å². The lowest BCUT2D eigenvalue weighted by atomic mass is 10.2. The summed E-state index contributed by atoms with van der Waals surface area (Å²) < 4.78 is 5.40. The third-order valence-electron chi connectivity index (χ3n) is 3.15. The van der Waals surface area contributed by atoms with E-state index in [-0.39, 0.29) is 11.9 Å². The molecule has 0 spiro atoms. The Balaban J connectivity index is 2.57. The van der Waals surface area contributed by atoms with E-state index < -0.39 is 6.03 Å². The first-order chi connectivity index (χ1) is 9.93. The number of rotatable bonds is 7. The molecule has 0 saturated carbocycles. The Kier molecular flexibility index (Phi) is 6.42. The zero-order chi connectivity index (χ0) is 15.8. The van der Waals surface area contributed by atoms with Gasteiger partial charge in [0.05, 0.1) is 7.05 Å². The van der Waals surface area contributed by atoms with Crippen molar-refractivity contribution in [2.45, 2.75) is 19.5 Å². The van der Waals surface area contributed by atoms with Gasteiger partial charge >= 0.3 is 6.03 Å². The Labute approximate surface area is 124 Å². The highest BCUT2D eigenvalue weighted by atomic mass is 16.5. The van der Waals surface area contributed by atoms with Crippen LogP contribution in [0, 0.1) is 0 Å². The van der Waals surface area contributed by atoms with E-state index in [9.17, 15) is 9.59 Å². The molecule has 0 fully saturated rings. The van der Waals surface area contributed by atoms with Crippen molar-refractivity contribution in [3.05, 3.63) is 42.5 Å². The molecule has 0 saturated heterocycles. The Hall–Kier alpha value is -2.34. The van der Waals surface area contributed by atoms with Gasteiger partial charge in [-0.25, -0.2) is 4.79 Å². The summed E-state index contributed by atoms with van der Waals surface area (Å²) in [7, 11) is 1.88. The summed E-state index contributed by atoms with van der Waals surface area (Å²) in [5, 5.41) is 2.09. The molecule has 0 bridgehead atoms. The zero-order valence-electron chi connectivity index (χ0n) is 12.4. The fraction of sp³-hybridized carbons (Fsp3) is 0.333. The van der Waals surface area contributed by atoms with Gasteiger partial charge in [0.1, 0.15) is 18.9 Å². The predicted molar refractivity (Wildman–Crippen MR) is 79.9 cm³/mol. The number of nitrogens with two attached hydrogens (primary N) is 1. The molecule has 6 nitrogen and oxygen atoms in total. The first kappa shape index (κ1) is 16.7. The van der Waals surface area contributed by atoms with E-state index in [1.165, 1.54) is 0 Å². The number of benzene rings is 1. The summed E-state index contributed by atoms with van der Waals surface area (Å²) in [6, 6.07) is 6.43. The number of quaternary nitrogens is 1. The van der Waals surface area contributed by atoms with Gasteiger partial charge in [0.2, 0.25) is 0 Å². The molecule has 6 heteroatoms. The van der Waals surface area contributed by atoms with Gasteiger partial charge < -0.3 is 15.4 Å². The van der Waals surface area contributed by atoms with Crippen molar-refractivity contribution >= 4 is 11.9 Å². The van der Waals surface area contributed by atoms with Gasteiger partial charge in [0.15, 0.2) is 6.04 Å². The van der Waals surface area contributed by atoms with Crippen molar-refractivity contribution in [2.24, 2.45) is 5.73 Å². The largest absolute Gasteiger partial charge is 0.490 e. The molecule has 114 valence electrons. The van der Waals surface area contributed by atoms with Gasteiger partial charge in [0.25, 0.3) is 5.91 Å². The lowest BCUT2D eigenvalue weighted by Gasteiger charge is -2.20. The molecule has 1 aromatic carbocycles. The van der Waals surface area contributed by atoms with Gasteiger partial charge in [0, 0.05) is 5.56 Å². The molecule has 21 heavy (non-hydrogen) atoms. The Morgan fingerprint density at radius 2 is 2.05 bits per heavy atom. The summed E-state index contributed by atoms with van der Waals surface area (Å²) in [5.41, 5.74) is 6.01. The Bertz CT molecular complexity index is 499. The normalized spacial score (nSPS) is 13.0. The van der Waals surface area contributed by atoms with Gasteiger partial charge in [-0.1, -0.05) is 12.7 Å². The minimum atomic E-state index is -0.830. The van der Waals surface area contributed by atoms with Crippen molar-refractivity contribution < 1.29 is 19.2 Å². The van der Waals surface area contributed by atoms with Crippen LogP contribution in [-0.2, 0) is 11.3 Å². The molecule has 0 aliphatic rings. The van der Waals surface area contributed by atoms with E-state index in [0.29, 0.717) is 13.2 Å². The van der Waals surface area contributed by atoms with Crippen LogP contribution in [0.2, 0.25) is 0 Å². The summed E-state index contributed by atoms with van der Waals surface area (Å²) in [4.78, 5) is 23.3. The number of imide groups is 1. The van der Waals surface area contributed by atoms with Gasteiger partial charge in [-0.05, 0) is 31.2 Å². The van der Waals surface area contributed by atoms with Crippen LogP contribution >= 0.6 is 0 Å². The maximum Gasteiger partial charge on any atom is 0.319 e. The number of amides is 3. The molecule has 3 amide bonds. The number of carbonyl (C=O) groups is 2. The van der Waals surface area contributed by atoms with Crippen LogP contribution in [-0.4, -0.2) is 31.6 Å². The molecule has 0 radical (unpaired) electrons. The summed E-state index contributed by atoms with van der Waals surface area (Å²) in [6.45, 7) is 6.45. The van der Waals surface area contributed by atoms with E-state index in [1.807, 2.05) is 31.3 Å². The fourth-order valence-corrected chi connectivity index (χ4v) is 1.79. The number of hydrogen-bond acceptors (Lipinski definition) is 3. The zero-order valence-corrected chi connectivity index (χ0v) is 12.4. The standard InChI is InChI=1S/C15H21N3O3/c1-4-9-21-13-7-5-12(6-8-13)10-18(3)11(2)14(19)17-15(16)20/h4-8,11H,1,9-10H2,2-3H3,(H3,16,17,19,20)/p+1/t11-/m1/s1. The van der Waals surface area contributed by atoms with E-state index in [2.05, 4.69) is 11.9 Å². The van der Waals surface area contributed by atoms with Crippen LogP contribution in [0.15, 0.2) is 36.9 Å². The number of urea groups is 1. The summed E-state index contributed by atoms with van der Waals surface area (Å²) in [6.07, 6.45) is 1.69. The highest BCUT2D eigenvalue weighted by Crippen LogP contribution is 2.11. The molecule has 0 aromatic heterocycles. The highest BCUT2D eigenvalue weighted by molar-refractivity contribution is 5.95. The van der Waals surface area contributed by atoms with Crippen molar-refractivity contribution in [3.63, 3.8) is 0 Å². The predicted octanol–water partition coefficient (Wildman–Crippen LogP) is -0.150. The molecule has 0 heterocycles. The smallest absolute Gasteiger partial charge is 0.319 e. The maximum atomic E-state index is 11.7. The number of nitrogens with one attached hydrogen (secondary N) is 2. The minimum absolute atomic E-state index is 0.380. The first-order valence-electron chi connectivity index (χ1n) is 6.69. The van der Waals surface area contributed by atoms with Crippen molar-refractivity contribution in [1.82, 2.24) is 5.32 Å². The number of likely N-dealkylation sites (N-methyl/N-ethyl adjacent to an activating group) is 1. The van der Waals surface area contributed by atoms with Crippen LogP contribution in [0.1, 0.15) is 12.5 Å². The third-order valence-corrected chi connectivity index (χ3v) is 3.15. The number of primary amides is 1. The van der Waals surface area contributed by atoms with Crippen molar-refractivity contribution in [1.29, 1.82) is 0 Å². The number of hydrogen-bond donors (Lipinski definition) is 3. The van der Waals surface area contributed by atoms with Gasteiger partial charge in [-0.3, -0.25) is 10.1 Å². The first-order valence-corrected chi connectivity index (χ1v) is 6.69. The number of ether oxygens (including phenoxy) is 1. The second-order valence-electron chi connectivity index (χ2n) is 4.84.